The van der Waals surface area contributed by atoms with E-state index < -0.39 is 0 Å². The number of carbonyl (C=O) groups is 1. The zero-order valence-corrected chi connectivity index (χ0v) is 15.7. The monoisotopic (exact) mass is 380 g/mol. The minimum absolute atomic E-state index is 0.0402. The first kappa shape index (κ1) is 17.8. The van der Waals surface area contributed by atoms with Gasteiger partial charge in [0.1, 0.15) is 0 Å². The number of rotatable bonds is 3. The summed E-state index contributed by atoms with van der Waals surface area (Å²) in [7, 11) is 0. The Kier molecular flexibility index (Phi) is 5.23. The van der Waals surface area contributed by atoms with E-state index in [2.05, 4.69) is 16.3 Å². The number of anilines is 1. The molecule has 2 amide bonds. The van der Waals surface area contributed by atoms with Crippen LogP contribution < -0.4 is 5.32 Å². The molecule has 0 spiro atoms. The molecule has 1 aromatic heterocycles. The first-order valence-electron chi connectivity index (χ1n) is 9.06. The van der Waals surface area contributed by atoms with Gasteiger partial charge in [0, 0.05) is 48.8 Å². The summed E-state index contributed by atoms with van der Waals surface area (Å²) in [5.74, 6) is 0. The maximum Gasteiger partial charge on any atom is 0.321 e. The van der Waals surface area contributed by atoms with E-state index in [1.54, 1.807) is 0 Å². The van der Waals surface area contributed by atoms with E-state index in [0.717, 1.165) is 46.9 Å². The Bertz CT molecular complexity index is 939. The smallest absolute Gasteiger partial charge is 0.321 e. The van der Waals surface area contributed by atoms with Gasteiger partial charge in [0.05, 0.1) is 11.2 Å². The van der Waals surface area contributed by atoms with Crippen molar-refractivity contribution < 1.29 is 4.79 Å². The quantitative estimate of drug-likeness (QED) is 0.739. The van der Waals surface area contributed by atoms with Crippen molar-refractivity contribution in [2.45, 2.75) is 6.54 Å². The van der Waals surface area contributed by atoms with Gasteiger partial charge in [-0.05, 0) is 36.4 Å². The standard InChI is InChI=1S/C21H21ClN4O/c22-17-7-9-20-16(14-17)6-8-19(23-20)15-25-10-12-26(13-11-25)21(27)24-18-4-2-1-3-5-18/h1-9,14H,10-13,15H2,(H,24,27). The maximum absolute atomic E-state index is 12.4. The molecular weight excluding hydrogens is 360 g/mol. The second-order valence-electron chi connectivity index (χ2n) is 6.70. The summed E-state index contributed by atoms with van der Waals surface area (Å²) >= 11 is 6.03. The van der Waals surface area contributed by atoms with Crippen LogP contribution in [0.3, 0.4) is 0 Å². The average Bonchev–Trinajstić information content (AvgIpc) is 2.69. The minimum Gasteiger partial charge on any atom is -0.322 e. The van der Waals surface area contributed by atoms with E-state index in [1.165, 1.54) is 0 Å². The average molecular weight is 381 g/mol. The highest BCUT2D eigenvalue weighted by Gasteiger charge is 2.21. The number of para-hydroxylation sites is 1. The Morgan fingerprint density at radius 1 is 1.00 bits per heavy atom. The fourth-order valence-corrected chi connectivity index (χ4v) is 3.47. The molecule has 4 rings (SSSR count). The van der Waals surface area contributed by atoms with Gasteiger partial charge in [-0.25, -0.2) is 4.79 Å². The Hall–Kier alpha value is -2.63. The number of nitrogens with zero attached hydrogens (tertiary/aromatic N) is 3. The van der Waals surface area contributed by atoms with Crippen LogP contribution in [0.1, 0.15) is 5.69 Å². The molecule has 0 unspecified atom stereocenters. The number of piperazine rings is 1. The molecule has 1 aliphatic rings. The third-order valence-corrected chi connectivity index (χ3v) is 5.01. The zero-order chi connectivity index (χ0) is 18.6. The van der Waals surface area contributed by atoms with E-state index in [9.17, 15) is 4.79 Å². The lowest BCUT2D eigenvalue weighted by atomic mass is 10.2. The topological polar surface area (TPSA) is 48.5 Å². The largest absolute Gasteiger partial charge is 0.322 e. The molecule has 6 heteroatoms. The lowest BCUT2D eigenvalue weighted by Crippen LogP contribution is -2.49. The van der Waals surface area contributed by atoms with Crippen molar-refractivity contribution in [1.82, 2.24) is 14.8 Å². The summed E-state index contributed by atoms with van der Waals surface area (Å²) in [5.41, 5.74) is 2.81. The number of urea groups is 1. The van der Waals surface area contributed by atoms with E-state index in [4.69, 9.17) is 16.6 Å². The Morgan fingerprint density at radius 2 is 1.78 bits per heavy atom. The van der Waals surface area contributed by atoms with E-state index in [-0.39, 0.29) is 6.03 Å². The minimum atomic E-state index is -0.0402. The molecule has 1 aliphatic heterocycles. The lowest BCUT2D eigenvalue weighted by Gasteiger charge is -2.34. The van der Waals surface area contributed by atoms with Crippen LogP contribution in [-0.4, -0.2) is 47.0 Å². The number of amides is 2. The molecule has 5 nitrogen and oxygen atoms in total. The number of hydrogen-bond donors (Lipinski definition) is 1. The number of fused-ring (bicyclic) bond motifs is 1. The molecule has 1 saturated heterocycles. The van der Waals surface area contributed by atoms with Gasteiger partial charge >= 0.3 is 6.03 Å². The molecule has 2 aromatic carbocycles. The molecule has 138 valence electrons. The number of carbonyl (C=O) groups excluding carboxylic acids is 1. The molecule has 0 radical (unpaired) electrons. The summed E-state index contributed by atoms with van der Waals surface area (Å²) in [6, 6.07) is 19.4. The van der Waals surface area contributed by atoms with Crippen molar-refractivity contribution >= 4 is 34.2 Å². The number of benzene rings is 2. The molecule has 27 heavy (non-hydrogen) atoms. The van der Waals surface area contributed by atoms with Crippen molar-refractivity contribution in [3.8, 4) is 0 Å². The van der Waals surface area contributed by atoms with Crippen molar-refractivity contribution in [3.05, 3.63) is 71.4 Å². The first-order chi connectivity index (χ1) is 13.2. The van der Waals surface area contributed by atoms with Crippen molar-refractivity contribution in [3.63, 3.8) is 0 Å². The van der Waals surface area contributed by atoms with Crippen LogP contribution in [0.5, 0.6) is 0 Å². The Balaban J connectivity index is 1.33. The highest BCUT2D eigenvalue weighted by molar-refractivity contribution is 6.31. The van der Waals surface area contributed by atoms with Crippen LogP contribution in [0, 0.1) is 0 Å². The Labute approximate surface area is 163 Å². The van der Waals surface area contributed by atoms with Gasteiger partial charge in [0.2, 0.25) is 0 Å². The number of aromatic nitrogens is 1. The molecule has 0 atom stereocenters. The SMILES string of the molecule is O=C(Nc1ccccc1)N1CCN(Cc2ccc3cc(Cl)ccc3n2)CC1. The third-order valence-electron chi connectivity index (χ3n) is 4.78. The van der Waals surface area contributed by atoms with Crippen LogP contribution in [0.4, 0.5) is 10.5 Å². The van der Waals surface area contributed by atoms with E-state index in [1.807, 2.05) is 59.5 Å². The van der Waals surface area contributed by atoms with Gasteiger partial charge in [-0.15, -0.1) is 0 Å². The molecule has 1 N–H and O–H groups in total. The molecule has 2 heterocycles. The molecule has 0 bridgehead atoms. The Morgan fingerprint density at radius 3 is 2.56 bits per heavy atom. The maximum atomic E-state index is 12.4. The number of pyridine rings is 1. The van der Waals surface area contributed by atoms with Crippen LogP contribution in [0.2, 0.25) is 5.02 Å². The second kappa shape index (κ2) is 7.94. The molecule has 0 aliphatic carbocycles. The van der Waals surface area contributed by atoms with Crippen LogP contribution >= 0.6 is 11.6 Å². The highest BCUT2D eigenvalue weighted by Crippen LogP contribution is 2.19. The predicted octanol–water partition coefficient (Wildman–Crippen LogP) is 4.24. The second-order valence-corrected chi connectivity index (χ2v) is 7.14. The van der Waals surface area contributed by atoms with Crippen LogP contribution in [-0.2, 0) is 6.54 Å². The highest BCUT2D eigenvalue weighted by atomic mass is 35.5. The summed E-state index contributed by atoms with van der Waals surface area (Å²) in [4.78, 5) is 21.3. The van der Waals surface area contributed by atoms with Crippen LogP contribution in [0.15, 0.2) is 60.7 Å². The third kappa shape index (κ3) is 4.38. The first-order valence-corrected chi connectivity index (χ1v) is 9.44. The predicted molar refractivity (Wildman–Crippen MR) is 109 cm³/mol. The number of nitrogens with one attached hydrogen (secondary N) is 1. The summed E-state index contributed by atoms with van der Waals surface area (Å²) in [5, 5.41) is 4.72. The number of halogens is 1. The van der Waals surface area contributed by atoms with Crippen molar-refractivity contribution in [2.24, 2.45) is 0 Å². The molecular formula is C21H21ClN4O. The van der Waals surface area contributed by atoms with Gasteiger partial charge in [-0.2, -0.15) is 0 Å². The molecule has 3 aromatic rings. The summed E-state index contributed by atoms with van der Waals surface area (Å²) in [6.45, 7) is 3.88. The summed E-state index contributed by atoms with van der Waals surface area (Å²) < 4.78 is 0. The van der Waals surface area contributed by atoms with Gasteiger partial charge in [-0.3, -0.25) is 9.88 Å². The molecule has 0 saturated carbocycles. The van der Waals surface area contributed by atoms with E-state index in [0.29, 0.717) is 13.1 Å². The van der Waals surface area contributed by atoms with Gasteiger partial charge < -0.3 is 10.2 Å². The fraction of sp³-hybridized carbons (Fsp3) is 0.238. The van der Waals surface area contributed by atoms with Crippen molar-refractivity contribution in [1.29, 1.82) is 0 Å². The number of hydrogen-bond acceptors (Lipinski definition) is 3. The fourth-order valence-electron chi connectivity index (χ4n) is 3.29. The van der Waals surface area contributed by atoms with Gasteiger partial charge in [0.15, 0.2) is 0 Å². The normalized spacial score (nSPS) is 15.1. The van der Waals surface area contributed by atoms with Gasteiger partial charge in [0.25, 0.3) is 0 Å². The van der Waals surface area contributed by atoms with Crippen LogP contribution in [0.25, 0.3) is 10.9 Å². The summed E-state index contributed by atoms with van der Waals surface area (Å²) in [6.07, 6.45) is 0. The van der Waals surface area contributed by atoms with Crippen molar-refractivity contribution in [2.75, 3.05) is 31.5 Å². The molecule has 1 fully saturated rings. The zero-order valence-electron chi connectivity index (χ0n) is 14.9. The van der Waals surface area contributed by atoms with E-state index >= 15 is 0 Å². The van der Waals surface area contributed by atoms with Gasteiger partial charge in [-0.1, -0.05) is 35.9 Å². The lowest BCUT2D eigenvalue weighted by molar-refractivity contribution is 0.142.